The Morgan fingerprint density at radius 2 is 1.86 bits per heavy atom. The summed E-state index contributed by atoms with van der Waals surface area (Å²) in [6.07, 6.45) is 6.01. The van der Waals surface area contributed by atoms with E-state index < -0.39 is 0 Å². The van der Waals surface area contributed by atoms with Crippen LogP contribution in [0, 0.1) is 0 Å². The van der Waals surface area contributed by atoms with Crippen molar-refractivity contribution in [2.75, 3.05) is 26.3 Å². The fourth-order valence-corrected chi connectivity index (χ4v) is 1.96. The van der Waals surface area contributed by atoms with E-state index in [9.17, 15) is 4.79 Å². The minimum absolute atomic E-state index is 0.350. The summed E-state index contributed by atoms with van der Waals surface area (Å²) in [4.78, 5) is 13.8. The smallest absolute Gasteiger partial charge is 0.160 e. The molecule has 0 aromatic rings. The molecule has 1 saturated carbocycles. The summed E-state index contributed by atoms with van der Waals surface area (Å²) in [5.74, 6) is 0.350. The van der Waals surface area contributed by atoms with Crippen molar-refractivity contribution in [2.24, 2.45) is 0 Å². The van der Waals surface area contributed by atoms with Crippen LogP contribution in [0.5, 0.6) is 0 Å². The first-order valence-electron chi connectivity index (χ1n) is 5.42. The highest BCUT2D eigenvalue weighted by Gasteiger charge is 2.16. The molecule has 0 bridgehead atoms. The van der Waals surface area contributed by atoms with Crippen LogP contribution >= 0.6 is 0 Å². The number of nitrogens with zero attached hydrogens (tertiary/aromatic N) is 1. The molecular weight excluding hydrogens is 178 g/mol. The van der Waals surface area contributed by atoms with Crippen molar-refractivity contribution in [2.45, 2.75) is 25.7 Å². The standard InChI is InChI=1S/C11H17NO2/c13-11-4-2-1-3-10(11)9-12-5-7-14-8-6-12/h9H,1-8H2/b10-9+. The van der Waals surface area contributed by atoms with Crippen LogP contribution in [0.25, 0.3) is 0 Å². The van der Waals surface area contributed by atoms with Crippen LogP contribution in [0.2, 0.25) is 0 Å². The monoisotopic (exact) mass is 195 g/mol. The number of ether oxygens (including phenoxy) is 1. The molecule has 0 amide bonds. The zero-order chi connectivity index (χ0) is 9.80. The third-order valence-corrected chi connectivity index (χ3v) is 2.84. The minimum atomic E-state index is 0.350. The normalized spacial score (nSPS) is 27.0. The summed E-state index contributed by atoms with van der Waals surface area (Å²) in [6, 6.07) is 0. The van der Waals surface area contributed by atoms with E-state index >= 15 is 0 Å². The molecule has 78 valence electrons. The summed E-state index contributed by atoms with van der Waals surface area (Å²) in [6.45, 7) is 3.43. The second-order valence-corrected chi connectivity index (χ2v) is 3.93. The van der Waals surface area contributed by atoms with Gasteiger partial charge in [-0.15, -0.1) is 0 Å². The number of carbonyl (C=O) groups excluding carboxylic acids is 1. The molecule has 0 atom stereocenters. The molecule has 0 aromatic carbocycles. The number of hydrogen-bond acceptors (Lipinski definition) is 3. The van der Waals surface area contributed by atoms with Crippen molar-refractivity contribution < 1.29 is 9.53 Å². The van der Waals surface area contributed by atoms with Crippen LogP contribution < -0.4 is 0 Å². The van der Waals surface area contributed by atoms with Gasteiger partial charge in [0.15, 0.2) is 5.78 Å². The maximum atomic E-state index is 11.5. The van der Waals surface area contributed by atoms with Crippen LogP contribution in [0.4, 0.5) is 0 Å². The van der Waals surface area contributed by atoms with Crippen LogP contribution in [0.3, 0.4) is 0 Å². The fourth-order valence-electron chi connectivity index (χ4n) is 1.96. The maximum Gasteiger partial charge on any atom is 0.160 e. The van der Waals surface area contributed by atoms with E-state index in [1.807, 2.05) is 0 Å². The molecule has 2 fully saturated rings. The number of carbonyl (C=O) groups is 1. The molecule has 3 heteroatoms. The number of ketones is 1. The van der Waals surface area contributed by atoms with Gasteiger partial charge in [-0.3, -0.25) is 4.79 Å². The van der Waals surface area contributed by atoms with E-state index in [4.69, 9.17) is 4.74 Å². The first kappa shape index (κ1) is 9.71. The first-order valence-corrected chi connectivity index (χ1v) is 5.42. The molecule has 0 N–H and O–H groups in total. The van der Waals surface area contributed by atoms with Crippen molar-refractivity contribution in [3.8, 4) is 0 Å². The highest BCUT2D eigenvalue weighted by atomic mass is 16.5. The fraction of sp³-hybridized carbons (Fsp3) is 0.727. The van der Waals surface area contributed by atoms with Gasteiger partial charge in [-0.2, -0.15) is 0 Å². The summed E-state index contributed by atoms with van der Waals surface area (Å²) >= 11 is 0. The Morgan fingerprint density at radius 3 is 2.57 bits per heavy atom. The van der Waals surface area contributed by atoms with E-state index in [2.05, 4.69) is 11.1 Å². The number of hydrogen-bond donors (Lipinski definition) is 0. The second-order valence-electron chi connectivity index (χ2n) is 3.93. The molecule has 0 unspecified atom stereocenters. The van der Waals surface area contributed by atoms with Gasteiger partial charge in [0.25, 0.3) is 0 Å². The van der Waals surface area contributed by atoms with E-state index in [1.165, 1.54) is 6.42 Å². The van der Waals surface area contributed by atoms with E-state index in [-0.39, 0.29) is 0 Å². The van der Waals surface area contributed by atoms with Gasteiger partial charge in [0.05, 0.1) is 13.2 Å². The number of allylic oxidation sites excluding steroid dienone is 1. The van der Waals surface area contributed by atoms with Gasteiger partial charge in [0.1, 0.15) is 0 Å². The summed E-state index contributed by atoms with van der Waals surface area (Å²) in [5, 5.41) is 0. The first-order chi connectivity index (χ1) is 6.86. The van der Waals surface area contributed by atoms with Crippen LogP contribution in [0.1, 0.15) is 25.7 Å². The predicted molar refractivity (Wildman–Crippen MR) is 54.0 cm³/mol. The van der Waals surface area contributed by atoms with Gasteiger partial charge in [-0.05, 0) is 19.3 Å². The average molecular weight is 195 g/mol. The van der Waals surface area contributed by atoms with Crippen molar-refractivity contribution in [3.63, 3.8) is 0 Å². The Labute approximate surface area is 84.7 Å². The quantitative estimate of drug-likeness (QED) is 0.591. The molecule has 1 aliphatic carbocycles. The molecule has 0 radical (unpaired) electrons. The molecule has 3 nitrogen and oxygen atoms in total. The Morgan fingerprint density at radius 1 is 1.14 bits per heavy atom. The minimum Gasteiger partial charge on any atom is -0.378 e. The van der Waals surface area contributed by atoms with Gasteiger partial charge in [0, 0.05) is 31.3 Å². The van der Waals surface area contributed by atoms with Gasteiger partial charge in [-0.25, -0.2) is 0 Å². The van der Waals surface area contributed by atoms with Crippen molar-refractivity contribution in [1.29, 1.82) is 0 Å². The van der Waals surface area contributed by atoms with Gasteiger partial charge >= 0.3 is 0 Å². The van der Waals surface area contributed by atoms with Crippen molar-refractivity contribution in [1.82, 2.24) is 4.90 Å². The molecule has 1 saturated heterocycles. The highest BCUT2D eigenvalue weighted by molar-refractivity contribution is 5.95. The zero-order valence-electron chi connectivity index (χ0n) is 8.50. The largest absolute Gasteiger partial charge is 0.378 e. The number of rotatable bonds is 1. The Bertz CT molecular complexity index is 242. The maximum absolute atomic E-state index is 11.5. The van der Waals surface area contributed by atoms with Crippen LogP contribution in [0.15, 0.2) is 11.8 Å². The molecular formula is C11H17NO2. The summed E-state index contributed by atoms with van der Waals surface area (Å²) in [7, 11) is 0. The number of Topliss-reactive ketones (excluding diaryl/α,β-unsaturated/α-hetero) is 1. The SMILES string of the molecule is O=C1CCCC/C1=C\N1CCOCC1. The van der Waals surface area contributed by atoms with E-state index in [1.54, 1.807) is 0 Å². The molecule has 0 spiro atoms. The van der Waals surface area contributed by atoms with Gasteiger partial charge < -0.3 is 9.64 Å². The predicted octanol–water partition coefficient (Wildman–Crippen LogP) is 1.35. The molecule has 14 heavy (non-hydrogen) atoms. The molecule has 2 rings (SSSR count). The Kier molecular flexibility index (Phi) is 3.19. The molecule has 1 heterocycles. The van der Waals surface area contributed by atoms with Crippen LogP contribution in [-0.2, 0) is 9.53 Å². The lowest BCUT2D eigenvalue weighted by Gasteiger charge is -2.27. The topological polar surface area (TPSA) is 29.5 Å². The Hall–Kier alpha value is -0.830. The third kappa shape index (κ3) is 2.35. The molecule has 1 aliphatic heterocycles. The zero-order valence-corrected chi connectivity index (χ0v) is 8.50. The second kappa shape index (κ2) is 4.60. The van der Waals surface area contributed by atoms with Gasteiger partial charge in [0.2, 0.25) is 0 Å². The van der Waals surface area contributed by atoms with Crippen molar-refractivity contribution in [3.05, 3.63) is 11.8 Å². The average Bonchev–Trinajstić information content (AvgIpc) is 2.23. The van der Waals surface area contributed by atoms with Crippen LogP contribution in [-0.4, -0.2) is 37.0 Å². The van der Waals surface area contributed by atoms with Gasteiger partial charge in [-0.1, -0.05) is 0 Å². The van der Waals surface area contributed by atoms with Crippen molar-refractivity contribution >= 4 is 5.78 Å². The molecule has 0 aromatic heterocycles. The number of morpholine rings is 1. The summed E-state index contributed by atoms with van der Waals surface area (Å²) < 4.78 is 5.26. The lowest BCUT2D eigenvalue weighted by molar-refractivity contribution is -0.116. The lowest BCUT2D eigenvalue weighted by Crippen LogP contribution is -2.33. The third-order valence-electron chi connectivity index (χ3n) is 2.84. The molecule has 2 aliphatic rings. The lowest BCUT2D eigenvalue weighted by atomic mass is 9.94. The Balaban J connectivity index is 1.96. The highest BCUT2D eigenvalue weighted by Crippen LogP contribution is 2.20. The summed E-state index contributed by atoms with van der Waals surface area (Å²) in [5.41, 5.74) is 1.03. The van der Waals surface area contributed by atoms with E-state index in [0.29, 0.717) is 5.78 Å². The van der Waals surface area contributed by atoms with E-state index in [0.717, 1.165) is 51.1 Å².